The molecule has 1 aromatic rings. The van der Waals surface area contributed by atoms with Gasteiger partial charge < -0.3 is 15.8 Å². The molecule has 1 rings (SSSR count). The van der Waals surface area contributed by atoms with E-state index in [1.807, 2.05) is 6.26 Å². The highest BCUT2D eigenvalue weighted by molar-refractivity contribution is 7.98. The molecule has 1 aromatic heterocycles. The Balaban J connectivity index is 2.33. The lowest BCUT2D eigenvalue weighted by molar-refractivity contribution is 0.118. The topological polar surface area (TPSA) is 73.1 Å². The van der Waals surface area contributed by atoms with Crippen LogP contribution in [0.2, 0.25) is 0 Å². The lowest BCUT2D eigenvalue weighted by Gasteiger charge is -2.09. The molecule has 0 fully saturated rings. The first-order chi connectivity index (χ1) is 8.11. The number of thioether (sulfide) groups is 1. The number of anilines is 2. The fourth-order valence-corrected chi connectivity index (χ4v) is 1.58. The Hall–Kier alpha value is -1.01. The third kappa shape index (κ3) is 5.74. The number of rotatable bonds is 7. The minimum absolute atomic E-state index is 0.481. The van der Waals surface area contributed by atoms with Crippen LogP contribution in [0.5, 0.6) is 0 Å². The normalized spacial score (nSPS) is 10.8. The van der Waals surface area contributed by atoms with Gasteiger partial charge in [-0.05, 0) is 12.2 Å². The molecule has 1 heterocycles. The number of nitrogens with one attached hydrogen (secondary N) is 1. The summed E-state index contributed by atoms with van der Waals surface area (Å²) in [5.74, 6) is 1.79. The van der Waals surface area contributed by atoms with E-state index in [9.17, 15) is 0 Å². The maximum absolute atomic E-state index is 5.67. The van der Waals surface area contributed by atoms with Gasteiger partial charge in [0.2, 0.25) is 0 Å². The lowest BCUT2D eigenvalue weighted by Crippen LogP contribution is -2.13. The Morgan fingerprint density at radius 2 is 2.24 bits per heavy atom. The van der Waals surface area contributed by atoms with Gasteiger partial charge in [-0.3, -0.25) is 0 Å². The van der Waals surface area contributed by atoms with Gasteiger partial charge in [-0.1, -0.05) is 25.6 Å². The summed E-state index contributed by atoms with van der Waals surface area (Å²) in [4.78, 5) is 8.37. The van der Waals surface area contributed by atoms with E-state index in [1.165, 1.54) is 11.8 Å². The summed E-state index contributed by atoms with van der Waals surface area (Å²) in [6.45, 7) is 6.42. The summed E-state index contributed by atoms with van der Waals surface area (Å²) in [6.07, 6.45) is 1.92. The van der Waals surface area contributed by atoms with Gasteiger partial charge in [0.1, 0.15) is 11.6 Å². The molecule has 0 unspecified atom stereocenters. The third-order valence-corrected chi connectivity index (χ3v) is 2.46. The van der Waals surface area contributed by atoms with Crippen molar-refractivity contribution in [1.82, 2.24) is 9.97 Å². The summed E-state index contributed by atoms with van der Waals surface area (Å²) in [6, 6.07) is 1.72. The van der Waals surface area contributed by atoms with Crippen molar-refractivity contribution in [3.63, 3.8) is 0 Å². The van der Waals surface area contributed by atoms with Crippen molar-refractivity contribution in [3.8, 4) is 0 Å². The molecule has 0 radical (unpaired) electrons. The Morgan fingerprint density at radius 3 is 2.88 bits per heavy atom. The number of nitrogen functional groups attached to an aromatic ring is 1. The molecule has 0 spiro atoms. The van der Waals surface area contributed by atoms with Gasteiger partial charge in [0.05, 0.1) is 6.61 Å². The van der Waals surface area contributed by atoms with Crippen LogP contribution in [0.25, 0.3) is 0 Å². The predicted molar refractivity (Wildman–Crippen MR) is 72.4 cm³/mol. The molecule has 0 atom stereocenters. The monoisotopic (exact) mass is 256 g/mol. The second-order valence-electron chi connectivity index (χ2n) is 4.06. The quantitative estimate of drug-likeness (QED) is 0.441. The fourth-order valence-electron chi connectivity index (χ4n) is 1.20. The average molecular weight is 256 g/mol. The summed E-state index contributed by atoms with van der Waals surface area (Å²) in [7, 11) is 0. The van der Waals surface area contributed by atoms with E-state index in [2.05, 4.69) is 29.1 Å². The highest BCUT2D eigenvalue weighted by Gasteiger charge is 2.01. The van der Waals surface area contributed by atoms with E-state index in [0.29, 0.717) is 23.5 Å². The van der Waals surface area contributed by atoms with Crippen LogP contribution in [-0.2, 0) is 4.74 Å². The molecule has 6 heteroatoms. The molecule has 17 heavy (non-hydrogen) atoms. The second kappa shape index (κ2) is 7.34. The smallest absolute Gasteiger partial charge is 0.191 e. The van der Waals surface area contributed by atoms with Gasteiger partial charge in [0.25, 0.3) is 0 Å². The molecule has 0 saturated heterocycles. The molecule has 0 bridgehead atoms. The van der Waals surface area contributed by atoms with Crippen LogP contribution in [0.3, 0.4) is 0 Å². The number of ether oxygens (including phenoxy) is 1. The van der Waals surface area contributed by atoms with Crippen LogP contribution < -0.4 is 11.1 Å². The zero-order valence-electron chi connectivity index (χ0n) is 10.6. The first-order valence-corrected chi connectivity index (χ1v) is 6.84. The highest BCUT2D eigenvalue weighted by Crippen LogP contribution is 2.14. The molecule has 3 N–H and O–H groups in total. The molecular formula is C11H20N4OS. The minimum Gasteiger partial charge on any atom is -0.383 e. The predicted octanol–water partition coefficient (Wildman–Crippen LogP) is 1.87. The molecular weight excluding hydrogens is 236 g/mol. The van der Waals surface area contributed by atoms with Crippen molar-refractivity contribution in [1.29, 1.82) is 0 Å². The van der Waals surface area contributed by atoms with Crippen LogP contribution in [-0.4, -0.2) is 36.0 Å². The molecule has 0 saturated carbocycles. The molecule has 0 aliphatic carbocycles. The van der Waals surface area contributed by atoms with Crippen molar-refractivity contribution < 1.29 is 4.74 Å². The maximum atomic E-state index is 5.67. The van der Waals surface area contributed by atoms with Gasteiger partial charge in [0, 0.05) is 19.2 Å². The van der Waals surface area contributed by atoms with Crippen LogP contribution >= 0.6 is 11.8 Å². The van der Waals surface area contributed by atoms with E-state index in [1.54, 1.807) is 6.07 Å². The average Bonchev–Trinajstić information content (AvgIpc) is 2.27. The molecule has 0 amide bonds. The van der Waals surface area contributed by atoms with Crippen molar-refractivity contribution in [2.45, 2.75) is 19.0 Å². The zero-order valence-corrected chi connectivity index (χ0v) is 11.4. The van der Waals surface area contributed by atoms with Gasteiger partial charge >= 0.3 is 0 Å². The van der Waals surface area contributed by atoms with Gasteiger partial charge in [-0.15, -0.1) is 0 Å². The number of hydrogen-bond acceptors (Lipinski definition) is 6. The first-order valence-electron chi connectivity index (χ1n) is 5.62. The minimum atomic E-state index is 0.481. The molecule has 5 nitrogen and oxygen atoms in total. The van der Waals surface area contributed by atoms with E-state index in [-0.39, 0.29) is 0 Å². The summed E-state index contributed by atoms with van der Waals surface area (Å²) < 4.78 is 5.46. The highest BCUT2D eigenvalue weighted by atomic mass is 32.2. The van der Waals surface area contributed by atoms with Crippen LogP contribution in [0, 0.1) is 5.92 Å². The van der Waals surface area contributed by atoms with Crippen molar-refractivity contribution in [2.75, 3.05) is 37.1 Å². The van der Waals surface area contributed by atoms with Crippen molar-refractivity contribution in [2.24, 2.45) is 5.92 Å². The summed E-state index contributed by atoms with van der Waals surface area (Å²) >= 11 is 1.47. The Kier molecular flexibility index (Phi) is 6.07. The van der Waals surface area contributed by atoms with E-state index >= 15 is 0 Å². The molecule has 0 aromatic carbocycles. The van der Waals surface area contributed by atoms with Crippen LogP contribution in [0.4, 0.5) is 11.6 Å². The molecule has 96 valence electrons. The van der Waals surface area contributed by atoms with E-state index in [0.717, 1.165) is 19.0 Å². The first kappa shape index (κ1) is 14.1. The van der Waals surface area contributed by atoms with Crippen molar-refractivity contribution >= 4 is 23.4 Å². The summed E-state index contributed by atoms with van der Waals surface area (Å²) in [5.41, 5.74) is 5.67. The van der Waals surface area contributed by atoms with Crippen molar-refractivity contribution in [3.05, 3.63) is 6.07 Å². The van der Waals surface area contributed by atoms with E-state index < -0.39 is 0 Å². The number of nitrogens with two attached hydrogens (primary N) is 1. The van der Waals surface area contributed by atoms with Gasteiger partial charge in [-0.2, -0.15) is 0 Å². The lowest BCUT2D eigenvalue weighted by atomic mass is 10.2. The second-order valence-corrected chi connectivity index (χ2v) is 4.83. The SMILES string of the molecule is CSc1nc(N)cc(NCCOCC(C)C)n1. The van der Waals surface area contributed by atoms with Crippen LogP contribution in [0.15, 0.2) is 11.2 Å². The largest absolute Gasteiger partial charge is 0.383 e. The maximum Gasteiger partial charge on any atom is 0.191 e. The zero-order chi connectivity index (χ0) is 12.7. The molecule has 0 aliphatic heterocycles. The standard InChI is InChI=1S/C11H20N4OS/c1-8(2)7-16-5-4-13-10-6-9(12)14-11(15-10)17-3/h6,8H,4-5,7H2,1-3H3,(H3,12,13,14,15). The number of aromatic nitrogens is 2. The number of nitrogens with zero attached hydrogens (tertiary/aromatic N) is 2. The van der Waals surface area contributed by atoms with Gasteiger partial charge in [0.15, 0.2) is 5.16 Å². The Bertz CT molecular complexity index is 346. The fraction of sp³-hybridized carbons (Fsp3) is 0.636. The van der Waals surface area contributed by atoms with Crippen LogP contribution in [0.1, 0.15) is 13.8 Å². The Morgan fingerprint density at radius 1 is 1.47 bits per heavy atom. The Labute approximate surface area is 107 Å². The molecule has 0 aliphatic rings. The third-order valence-electron chi connectivity index (χ3n) is 1.91. The van der Waals surface area contributed by atoms with Gasteiger partial charge in [-0.25, -0.2) is 9.97 Å². The number of hydrogen-bond donors (Lipinski definition) is 2. The summed E-state index contributed by atoms with van der Waals surface area (Å²) in [5, 5.41) is 3.84. The van der Waals surface area contributed by atoms with E-state index in [4.69, 9.17) is 10.5 Å².